The van der Waals surface area contributed by atoms with Crippen molar-refractivity contribution in [2.45, 2.75) is 69.1 Å². The number of hydrogen-bond donors (Lipinski definition) is 8. The van der Waals surface area contributed by atoms with E-state index in [1.54, 1.807) is 0 Å². The number of likely N-dealkylation sites (tertiary alicyclic amines) is 1. The molecule has 3 amide bonds. The van der Waals surface area contributed by atoms with Crippen LogP contribution in [-0.2, 0) is 28.8 Å². The van der Waals surface area contributed by atoms with Crippen molar-refractivity contribution < 1.29 is 44.1 Å². The molecule has 4 atom stereocenters. The van der Waals surface area contributed by atoms with Crippen LogP contribution in [0.4, 0.5) is 0 Å². The standard InChI is InChI=1S/C20H33N7O9/c21-10(3-1-7-24-20(22)23)18(34)27-8-2-4-13(27)17(33)26-12(9-15(30)31)16(32)25-11(19(35)36)5-6-14(28)29/h10-13H,1-9,21H2,(H,25,32)(H,26,33)(H,28,29)(H,30,31)(H,35,36)(H4,22,23,24). The van der Waals surface area contributed by atoms with Crippen molar-refractivity contribution in [3.63, 3.8) is 0 Å². The van der Waals surface area contributed by atoms with Gasteiger partial charge >= 0.3 is 17.9 Å². The van der Waals surface area contributed by atoms with Crippen molar-refractivity contribution in [2.75, 3.05) is 13.1 Å². The molecule has 0 aromatic heterocycles. The molecule has 1 heterocycles. The number of carboxylic acids is 3. The number of nitrogens with one attached hydrogen (secondary N) is 2. The van der Waals surface area contributed by atoms with Gasteiger partial charge in [-0.2, -0.15) is 0 Å². The van der Waals surface area contributed by atoms with Crippen molar-refractivity contribution in [3.8, 4) is 0 Å². The lowest BCUT2D eigenvalue weighted by atomic mass is 10.1. The molecule has 36 heavy (non-hydrogen) atoms. The van der Waals surface area contributed by atoms with Crippen molar-refractivity contribution in [2.24, 2.45) is 22.2 Å². The first kappa shape index (κ1) is 30.1. The van der Waals surface area contributed by atoms with Crippen LogP contribution in [0.25, 0.3) is 0 Å². The lowest BCUT2D eigenvalue weighted by molar-refractivity contribution is -0.145. The highest BCUT2D eigenvalue weighted by atomic mass is 16.4. The predicted octanol–water partition coefficient (Wildman–Crippen LogP) is -3.25. The first-order chi connectivity index (χ1) is 16.8. The monoisotopic (exact) mass is 515 g/mol. The van der Waals surface area contributed by atoms with Crippen LogP contribution in [0.15, 0.2) is 4.99 Å². The molecule has 16 nitrogen and oxygen atoms in total. The van der Waals surface area contributed by atoms with Crippen LogP contribution in [0.5, 0.6) is 0 Å². The number of carboxylic acid groups (broad SMARTS) is 3. The number of carbonyl (C=O) groups excluding carboxylic acids is 3. The van der Waals surface area contributed by atoms with Crippen molar-refractivity contribution >= 4 is 41.6 Å². The molecule has 1 aliphatic rings. The summed E-state index contributed by atoms with van der Waals surface area (Å²) in [4.78, 5) is 76.6. The molecule has 1 fully saturated rings. The molecule has 0 aromatic rings. The van der Waals surface area contributed by atoms with Gasteiger partial charge in [0.15, 0.2) is 5.96 Å². The fraction of sp³-hybridized carbons (Fsp3) is 0.650. The van der Waals surface area contributed by atoms with E-state index in [0.717, 1.165) is 0 Å². The van der Waals surface area contributed by atoms with Crippen LogP contribution in [0.1, 0.15) is 44.9 Å². The largest absolute Gasteiger partial charge is 0.481 e. The highest BCUT2D eigenvalue weighted by Crippen LogP contribution is 2.19. The lowest BCUT2D eigenvalue weighted by Crippen LogP contribution is -2.57. The third kappa shape index (κ3) is 10.1. The molecule has 1 aliphatic heterocycles. The number of aliphatic imine (C=N–C) groups is 1. The summed E-state index contributed by atoms with van der Waals surface area (Å²) in [6.07, 6.45) is -0.490. The molecular weight excluding hydrogens is 482 g/mol. The lowest BCUT2D eigenvalue weighted by Gasteiger charge is -2.28. The second-order valence-corrected chi connectivity index (χ2v) is 8.24. The quantitative estimate of drug-likeness (QED) is 0.0606. The Balaban J connectivity index is 2.85. The normalized spacial score (nSPS) is 17.4. The molecule has 16 heteroatoms. The van der Waals surface area contributed by atoms with Gasteiger partial charge in [0.05, 0.1) is 12.5 Å². The Kier molecular flexibility index (Phi) is 12.1. The summed E-state index contributed by atoms with van der Waals surface area (Å²) in [6, 6.07) is -5.21. The molecule has 0 spiro atoms. The van der Waals surface area contributed by atoms with Gasteiger partial charge in [0, 0.05) is 19.5 Å². The number of guanidine groups is 1. The van der Waals surface area contributed by atoms with Crippen LogP contribution in [0, 0.1) is 0 Å². The van der Waals surface area contributed by atoms with Crippen molar-refractivity contribution in [1.29, 1.82) is 0 Å². The number of nitrogens with two attached hydrogens (primary N) is 3. The van der Waals surface area contributed by atoms with E-state index in [0.29, 0.717) is 12.8 Å². The average molecular weight is 516 g/mol. The smallest absolute Gasteiger partial charge is 0.326 e. The van der Waals surface area contributed by atoms with E-state index in [9.17, 15) is 33.9 Å². The molecule has 1 rings (SSSR count). The van der Waals surface area contributed by atoms with Crippen molar-refractivity contribution in [3.05, 3.63) is 0 Å². The average Bonchev–Trinajstić information content (AvgIpc) is 3.27. The Labute approximate surface area is 206 Å². The molecule has 0 saturated carbocycles. The first-order valence-electron chi connectivity index (χ1n) is 11.2. The Morgan fingerprint density at radius 3 is 2.19 bits per heavy atom. The fourth-order valence-electron chi connectivity index (χ4n) is 3.61. The maximum atomic E-state index is 12.9. The zero-order valence-electron chi connectivity index (χ0n) is 19.6. The first-order valence-corrected chi connectivity index (χ1v) is 11.2. The van der Waals surface area contributed by atoms with Crippen LogP contribution in [-0.4, -0.2) is 99.1 Å². The SMILES string of the molecule is NC(N)=NCCCC(N)C(=O)N1CCCC1C(=O)NC(CC(=O)O)C(=O)NC(CCC(=O)O)C(=O)O. The van der Waals surface area contributed by atoms with E-state index < -0.39 is 79.1 Å². The van der Waals surface area contributed by atoms with Crippen LogP contribution in [0.3, 0.4) is 0 Å². The summed E-state index contributed by atoms with van der Waals surface area (Å²) in [5.41, 5.74) is 16.4. The van der Waals surface area contributed by atoms with Gasteiger partial charge in [0.2, 0.25) is 17.7 Å². The summed E-state index contributed by atoms with van der Waals surface area (Å²) in [7, 11) is 0. The van der Waals surface area contributed by atoms with E-state index in [-0.39, 0.29) is 31.9 Å². The van der Waals surface area contributed by atoms with Gasteiger partial charge in [-0.1, -0.05) is 0 Å². The van der Waals surface area contributed by atoms with Gasteiger partial charge < -0.3 is 48.1 Å². The zero-order valence-corrected chi connectivity index (χ0v) is 19.6. The third-order valence-corrected chi connectivity index (χ3v) is 5.40. The minimum absolute atomic E-state index is 0.0947. The molecule has 0 aliphatic carbocycles. The van der Waals surface area contributed by atoms with E-state index in [4.69, 9.17) is 27.4 Å². The zero-order chi connectivity index (χ0) is 27.4. The van der Waals surface area contributed by atoms with E-state index in [1.165, 1.54) is 4.90 Å². The second-order valence-electron chi connectivity index (χ2n) is 8.24. The Morgan fingerprint density at radius 1 is 0.972 bits per heavy atom. The second kappa shape index (κ2) is 14.4. The number of hydrogen-bond acceptors (Lipinski definition) is 8. The topological polar surface area (TPSA) is 281 Å². The molecular formula is C20H33N7O9. The molecule has 0 radical (unpaired) electrons. The molecule has 0 aromatic carbocycles. The minimum atomic E-state index is -1.66. The number of carbonyl (C=O) groups is 6. The van der Waals surface area contributed by atoms with Crippen LogP contribution in [0.2, 0.25) is 0 Å². The predicted molar refractivity (Wildman–Crippen MR) is 123 cm³/mol. The fourth-order valence-corrected chi connectivity index (χ4v) is 3.61. The third-order valence-electron chi connectivity index (χ3n) is 5.40. The molecule has 202 valence electrons. The summed E-state index contributed by atoms with van der Waals surface area (Å²) >= 11 is 0. The maximum absolute atomic E-state index is 12.9. The summed E-state index contributed by atoms with van der Waals surface area (Å²) in [5.74, 6) is -6.77. The van der Waals surface area contributed by atoms with E-state index >= 15 is 0 Å². The highest BCUT2D eigenvalue weighted by Gasteiger charge is 2.38. The molecule has 11 N–H and O–H groups in total. The summed E-state index contributed by atoms with van der Waals surface area (Å²) in [5, 5.41) is 31.4. The number of aliphatic carboxylic acids is 3. The summed E-state index contributed by atoms with van der Waals surface area (Å²) in [6.45, 7) is 0.494. The van der Waals surface area contributed by atoms with E-state index in [2.05, 4.69) is 15.6 Å². The van der Waals surface area contributed by atoms with Crippen molar-refractivity contribution in [1.82, 2.24) is 15.5 Å². The number of nitrogens with zero attached hydrogens (tertiary/aromatic N) is 2. The Hall–Kier alpha value is -3.95. The van der Waals surface area contributed by atoms with Gasteiger partial charge in [-0.15, -0.1) is 0 Å². The van der Waals surface area contributed by atoms with Gasteiger partial charge in [0.25, 0.3) is 0 Å². The number of amides is 3. The Morgan fingerprint density at radius 2 is 1.64 bits per heavy atom. The molecule has 0 bridgehead atoms. The van der Waals surface area contributed by atoms with Crippen LogP contribution < -0.4 is 27.8 Å². The highest BCUT2D eigenvalue weighted by molar-refractivity contribution is 5.95. The van der Waals surface area contributed by atoms with Gasteiger partial charge in [-0.05, 0) is 32.1 Å². The summed E-state index contributed by atoms with van der Waals surface area (Å²) < 4.78 is 0. The van der Waals surface area contributed by atoms with Gasteiger partial charge in [0.1, 0.15) is 18.1 Å². The van der Waals surface area contributed by atoms with Crippen LogP contribution >= 0.6 is 0 Å². The number of rotatable bonds is 15. The van der Waals surface area contributed by atoms with Gasteiger partial charge in [-0.3, -0.25) is 29.0 Å². The minimum Gasteiger partial charge on any atom is -0.481 e. The van der Waals surface area contributed by atoms with Gasteiger partial charge in [-0.25, -0.2) is 4.79 Å². The maximum Gasteiger partial charge on any atom is 0.326 e. The molecule has 1 saturated heterocycles. The van der Waals surface area contributed by atoms with E-state index in [1.807, 2.05) is 0 Å². The molecule has 4 unspecified atom stereocenters. The Bertz CT molecular complexity index is 876.